The van der Waals surface area contributed by atoms with Crippen LogP contribution in [0.3, 0.4) is 0 Å². The van der Waals surface area contributed by atoms with E-state index in [1.54, 1.807) is 18.2 Å². The third-order valence-corrected chi connectivity index (χ3v) is 1.83. The van der Waals surface area contributed by atoms with Crippen molar-refractivity contribution in [1.82, 2.24) is 0 Å². The van der Waals surface area contributed by atoms with Gasteiger partial charge in [-0.1, -0.05) is 18.2 Å². The Hall–Kier alpha value is -0.640. The van der Waals surface area contributed by atoms with Crippen molar-refractivity contribution >= 4 is 0 Å². The van der Waals surface area contributed by atoms with E-state index < -0.39 is 6.10 Å². The monoisotopic (exact) mass is 170 g/mol. The topological polar surface area (TPSA) is 49.7 Å². The molecular formula is C9H14O3. The molecule has 0 bridgehead atoms. The van der Waals surface area contributed by atoms with Crippen molar-refractivity contribution in [2.45, 2.75) is 24.7 Å². The van der Waals surface area contributed by atoms with Gasteiger partial charge in [-0.25, -0.2) is 0 Å². The van der Waals surface area contributed by atoms with Gasteiger partial charge in [-0.05, 0) is 6.42 Å². The van der Waals surface area contributed by atoms with Gasteiger partial charge in [0.1, 0.15) is 0 Å². The standard InChI is InChI=1S/C9H14O3/c1-2-3-9-8(11)5-4-7(6-10)12-9/h2,4-5,7-11H,1,3,6H2/t7-,8+,9+/m0/s1. The first-order valence-electron chi connectivity index (χ1n) is 4.01. The van der Waals surface area contributed by atoms with E-state index in [1.165, 1.54) is 0 Å². The lowest BCUT2D eigenvalue weighted by molar-refractivity contribution is -0.0692. The van der Waals surface area contributed by atoms with Gasteiger partial charge in [-0.2, -0.15) is 0 Å². The summed E-state index contributed by atoms with van der Waals surface area (Å²) in [5.74, 6) is 0. The Morgan fingerprint density at radius 3 is 2.83 bits per heavy atom. The number of rotatable bonds is 3. The van der Waals surface area contributed by atoms with Gasteiger partial charge >= 0.3 is 0 Å². The molecule has 1 aliphatic heterocycles. The number of aliphatic hydroxyl groups excluding tert-OH is 2. The van der Waals surface area contributed by atoms with E-state index in [-0.39, 0.29) is 18.8 Å². The maximum absolute atomic E-state index is 9.37. The largest absolute Gasteiger partial charge is 0.393 e. The zero-order valence-corrected chi connectivity index (χ0v) is 6.89. The summed E-state index contributed by atoms with van der Waals surface area (Å²) in [6.45, 7) is 3.52. The first-order chi connectivity index (χ1) is 5.77. The third kappa shape index (κ3) is 2.17. The summed E-state index contributed by atoms with van der Waals surface area (Å²) in [6.07, 6.45) is 4.50. The number of hydrogen-bond acceptors (Lipinski definition) is 3. The van der Waals surface area contributed by atoms with E-state index >= 15 is 0 Å². The Morgan fingerprint density at radius 2 is 2.25 bits per heavy atom. The molecule has 0 saturated carbocycles. The van der Waals surface area contributed by atoms with E-state index in [0.29, 0.717) is 6.42 Å². The van der Waals surface area contributed by atoms with Crippen molar-refractivity contribution in [1.29, 1.82) is 0 Å². The molecule has 1 rings (SSSR count). The smallest absolute Gasteiger partial charge is 0.0992 e. The van der Waals surface area contributed by atoms with Gasteiger partial charge in [0, 0.05) is 0 Å². The maximum atomic E-state index is 9.37. The average molecular weight is 170 g/mol. The summed E-state index contributed by atoms with van der Waals surface area (Å²) in [5.41, 5.74) is 0. The van der Waals surface area contributed by atoms with Gasteiger partial charge in [0.2, 0.25) is 0 Å². The second-order valence-corrected chi connectivity index (χ2v) is 2.80. The molecule has 0 aliphatic carbocycles. The molecule has 0 spiro atoms. The molecule has 0 aromatic rings. The van der Waals surface area contributed by atoms with Crippen molar-refractivity contribution in [2.24, 2.45) is 0 Å². The Morgan fingerprint density at radius 1 is 1.50 bits per heavy atom. The maximum Gasteiger partial charge on any atom is 0.0992 e. The van der Waals surface area contributed by atoms with Crippen LogP contribution in [0.25, 0.3) is 0 Å². The van der Waals surface area contributed by atoms with Gasteiger partial charge in [0.25, 0.3) is 0 Å². The molecule has 0 fully saturated rings. The first-order valence-corrected chi connectivity index (χ1v) is 4.01. The van der Waals surface area contributed by atoms with E-state index in [4.69, 9.17) is 9.84 Å². The highest BCUT2D eigenvalue weighted by molar-refractivity contribution is 5.03. The lowest BCUT2D eigenvalue weighted by Gasteiger charge is -2.27. The summed E-state index contributed by atoms with van der Waals surface area (Å²) in [7, 11) is 0. The Bertz CT molecular complexity index is 177. The van der Waals surface area contributed by atoms with E-state index in [0.717, 1.165) is 0 Å². The minimum Gasteiger partial charge on any atom is -0.393 e. The SMILES string of the molecule is C=CC[C@H]1O[C@H](CO)C=C[C@H]1O. The van der Waals surface area contributed by atoms with Crippen molar-refractivity contribution in [2.75, 3.05) is 6.61 Å². The molecule has 3 nitrogen and oxygen atoms in total. The fourth-order valence-electron chi connectivity index (χ4n) is 1.18. The Kier molecular flexibility index (Phi) is 3.47. The van der Waals surface area contributed by atoms with Gasteiger partial charge < -0.3 is 14.9 Å². The van der Waals surface area contributed by atoms with Crippen LogP contribution in [0.2, 0.25) is 0 Å². The molecule has 3 atom stereocenters. The molecule has 0 aromatic carbocycles. The fraction of sp³-hybridized carbons (Fsp3) is 0.556. The van der Waals surface area contributed by atoms with Gasteiger partial charge in [-0.3, -0.25) is 0 Å². The zero-order chi connectivity index (χ0) is 8.97. The molecule has 0 saturated heterocycles. The Balaban J connectivity index is 2.53. The van der Waals surface area contributed by atoms with E-state index in [2.05, 4.69) is 6.58 Å². The summed E-state index contributed by atoms with van der Waals surface area (Å²) in [6, 6.07) is 0. The quantitative estimate of drug-likeness (QED) is 0.596. The molecule has 2 N–H and O–H groups in total. The normalized spacial score (nSPS) is 35.0. The van der Waals surface area contributed by atoms with Crippen LogP contribution in [0, 0.1) is 0 Å². The fourth-order valence-corrected chi connectivity index (χ4v) is 1.18. The second-order valence-electron chi connectivity index (χ2n) is 2.80. The molecule has 0 amide bonds. The van der Waals surface area contributed by atoms with Crippen molar-refractivity contribution in [3.8, 4) is 0 Å². The predicted molar refractivity (Wildman–Crippen MR) is 45.7 cm³/mol. The van der Waals surface area contributed by atoms with Crippen LogP contribution in [-0.4, -0.2) is 35.1 Å². The zero-order valence-electron chi connectivity index (χ0n) is 6.89. The highest BCUT2D eigenvalue weighted by atomic mass is 16.5. The minimum atomic E-state index is -0.578. The number of hydrogen-bond donors (Lipinski definition) is 2. The summed E-state index contributed by atoms with van der Waals surface area (Å²) in [4.78, 5) is 0. The number of ether oxygens (including phenoxy) is 1. The van der Waals surface area contributed by atoms with Crippen LogP contribution in [0.5, 0.6) is 0 Å². The minimum absolute atomic E-state index is 0.0448. The molecule has 0 unspecified atom stereocenters. The van der Waals surface area contributed by atoms with Crippen LogP contribution in [0.15, 0.2) is 24.8 Å². The second kappa shape index (κ2) is 4.40. The molecule has 0 radical (unpaired) electrons. The molecule has 12 heavy (non-hydrogen) atoms. The summed E-state index contributed by atoms with van der Waals surface area (Å²) >= 11 is 0. The Labute approximate surface area is 72.0 Å². The van der Waals surface area contributed by atoms with Gasteiger partial charge in [0.15, 0.2) is 0 Å². The van der Waals surface area contributed by atoms with Crippen LogP contribution in [0.4, 0.5) is 0 Å². The summed E-state index contributed by atoms with van der Waals surface area (Å²) in [5, 5.41) is 18.2. The molecule has 3 heteroatoms. The molecule has 1 aliphatic rings. The molecular weight excluding hydrogens is 156 g/mol. The highest BCUT2D eigenvalue weighted by Crippen LogP contribution is 2.15. The number of aliphatic hydroxyl groups is 2. The van der Waals surface area contributed by atoms with Gasteiger partial charge in [-0.15, -0.1) is 6.58 Å². The molecule has 68 valence electrons. The average Bonchev–Trinajstić information content (AvgIpc) is 2.09. The highest BCUT2D eigenvalue weighted by Gasteiger charge is 2.23. The molecule has 1 heterocycles. The van der Waals surface area contributed by atoms with Crippen molar-refractivity contribution in [3.05, 3.63) is 24.8 Å². The summed E-state index contributed by atoms with van der Waals surface area (Å²) < 4.78 is 5.33. The third-order valence-electron chi connectivity index (χ3n) is 1.83. The van der Waals surface area contributed by atoms with Crippen LogP contribution in [0.1, 0.15) is 6.42 Å². The van der Waals surface area contributed by atoms with Crippen molar-refractivity contribution in [3.63, 3.8) is 0 Å². The van der Waals surface area contributed by atoms with Crippen molar-refractivity contribution < 1.29 is 14.9 Å². The van der Waals surface area contributed by atoms with Crippen LogP contribution >= 0.6 is 0 Å². The first kappa shape index (κ1) is 9.45. The van der Waals surface area contributed by atoms with Crippen LogP contribution in [-0.2, 0) is 4.74 Å². The predicted octanol–water partition coefficient (Wildman–Crippen LogP) is 0.239. The lowest BCUT2D eigenvalue weighted by atomic mass is 10.1. The van der Waals surface area contributed by atoms with E-state index in [9.17, 15) is 5.11 Å². The lowest BCUT2D eigenvalue weighted by Crippen LogP contribution is -2.36. The van der Waals surface area contributed by atoms with E-state index in [1.807, 2.05) is 0 Å². The van der Waals surface area contributed by atoms with Crippen LogP contribution < -0.4 is 0 Å². The van der Waals surface area contributed by atoms with Gasteiger partial charge in [0.05, 0.1) is 24.9 Å². The molecule has 0 aromatic heterocycles.